The first-order valence-corrected chi connectivity index (χ1v) is 6.03. The van der Waals surface area contributed by atoms with Crippen molar-refractivity contribution < 1.29 is 15.0 Å². The van der Waals surface area contributed by atoms with Crippen molar-refractivity contribution in [3.05, 3.63) is 28.2 Å². The molecule has 0 spiro atoms. The van der Waals surface area contributed by atoms with E-state index in [-0.39, 0.29) is 17.4 Å². The molecule has 0 saturated carbocycles. The monoisotopic (exact) mass is 290 g/mol. The molecule has 1 atom stereocenters. The van der Waals surface area contributed by atoms with Crippen LogP contribution in [0.3, 0.4) is 0 Å². The second-order valence-electron chi connectivity index (χ2n) is 3.03. The van der Waals surface area contributed by atoms with Gasteiger partial charge in [0.25, 0.3) is 0 Å². The Morgan fingerprint density at radius 2 is 2.27 bits per heavy atom. The molecular weight excluding hydrogens is 280 g/mol. The minimum Gasteiger partial charge on any atom is -0.478 e. The first-order valence-electron chi connectivity index (χ1n) is 4.35. The third-order valence-corrected chi connectivity index (χ3v) is 3.58. The average Bonchev–Trinajstić information content (AvgIpc) is 2.17. The van der Waals surface area contributed by atoms with Crippen LogP contribution in [-0.2, 0) is 0 Å². The lowest BCUT2D eigenvalue weighted by molar-refractivity contribution is 0.0692. The number of carbonyl (C=O) groups is 1. The Balaban J connectivity index is 3.06. The predicted octanol–water partition coefficient (Wildman–Crippen LogP) is 2.62. The quantitative estimate of drug-likeness (QED) is 0.837. The Hall–Kier alpha value is -0.520. The SMILES string of the molecule is CC(CO)Sc1cccc(Br)c1C(=O)O. The summed E-state index contributed by atoms with van der Waals surface area (Å²) in [4.78, 5) is 11.7. The molecule has 3 nitrogen and oxygen atoms in total. The van der Waals surface area contributed by atoms with Crippen LogP contribution in [0.25, 0.3) is 0 Å². The van der Waals surface area contributed by atoms with Crippen LogP contribution in [0.4, 0.5) is 0 Å². The van der Waals surface area contributed by atoms with Crippen LogP contribution in [0.15, 0.2) is 27.6 Å². The summed E-state index contributed by atoms with van der Waals surface area (Å²) in [6, 6.07) is 5.21. The van der Waals surface area contributed by atoms with Gasteiger partial charge in [0.2, 0.25) is 0 Å². The van der Waals surface area contributed by atoms with E-state index in [0.717, 1.165) is 0 Å². The summed E-state index contributed by atoms with van der Waals surface area (Å²) in [7, 11) is 0. The van der Waals surface area contributed by atoms with Gasteiger partial charge < -0.3 is 10.2 Å². The maximum atomic E-state index is 11.0. The third kappa shape index (κ3) is 3.22. The van der Waals surface area contributed by atoms with E-state index >= 15 is 0 Å². The first-order chi connectivity index (χ1) is 7.06. The standard InChI is InChI=1S/C10H11BrO3S/c1-6(5-12)15-8-4-2-3-7(11)9(8)10(13)14/h2-4,6,12H,5H2,1H3,(H,13,14). The number of benzene rings is 1. The van der Waals surface area contributed by atoms with E-state index < -0.39 is 5.97 Å². The molecule has 82 valence electrons. The third-order valence-electron chi connectivity index (χ3n) is 1.77. The number of thioether (sulfide) groups is 1. The predicted molar refractivity (Wildman–Crippen MR) is 63.5 cm³/mol. The summed E-state index contributed by atoms with van der Waals surface area (Å²) < 4.78 is 0.560. The van der Waals surface area contributed by atoms with Crippen molar-refractivity contribution in [3.63, 3.8) is 0 Å². The number of carboxylic acids is 1. The molecule has 0 fully saturated rings. The normalized spacial score (nSPS) is 12.5. The Morgan fingerprint density at radius 3 is 2.80 bits per heavy atom. The Kier molecular flexibility index (Phi) is 4.63. The smallest absolute Gasteiger partial charge is 0.337 e. The Labute approximate surface area is 101 Å². The molecule has 15 heavy (non-hydrogen) atoms. The lowest BCUT2D eigenvalue weighted by Crippen LogP contribution is -2.05. The van der Waals surface area contributed by atoms with Gasteiger partial charge in [0, 0.05) is 14.6 Å². The van der Waals surface area contributed by atoms with Crippen LogP contribution in [0, 0.1) is 0 Å². The van der Waals surface area contributed by atoms with Crippen molar-refractivity contribution in [1.29, 1.82) is 0 Å². The van der Waals surface area contributed by atoms with Gasteiger partial charge in [0.15, 0.2) is 0 Å². The molecule has 1 aromatic rings. The van der Waals surface area contributed by atoms with Gasteiger partial charge in [-0.25, -0.2) is 4.79 Å². The van der Waals surface area contributed by atoms with E-state index in [2.05, 4.69) is 15.9 Å². The van der Waals surface area contributed by atoms with Crippen LogP contribution in [0.1, 0.15) is 17.3 Å². The van der Waals surface area contributed by atoms with E-state index in [1.165, 1.54) is 11.8 Å². The first kappa shape index (κ1) is 12.5. The van der Waals surface area contributed by atoms with Crippen molar-refractivity contribution >= 4 is 33.7 Å². The van der Waals surface area contributed by atoms with Crippen LogP contribution < -0.4 is 0 Å². The van der Waals surface area contributed by atoms with Gasteiger partial charge >= 0.3 is 5.97 Å². The Morgan fingerprint density at radius 1 is 1.60 bits per heavy atom. The fraction of sp³-hybridized carbons (Fsp3) is 0.300. The molecule has 2 N–H and O–H groups in total. The van der Waals surface area contributed by atoms with Gasteiger partial charge in [-0.05, 0) is 28.1 Å². The maximum Gasteiger partial charge on any atom is 0.337 e. The molecule has 0 aliphatic heterocycles. The number of aliphatic hydroxyl groups excluding tert-OH is 1. The zero-order chi connectivity index (χ0) is 11.4. The average molecular weight is 291 g/mol. The second kappa shape index (κ2) is 5.53. The summed E-state index contributed by atoms with van der Waals surface area (Å²) in [5.74, 6) is -0.963. The number of hydrogen-bond donors (Lipinski definition) is 2. The van der Waals surface area contributed by atoms with E-state index in [9.17, 15) is 4.79 Å². The number of aromatic carboxylic acids is 1. The van der Waals surface area contributed by atoms with E-state index in [1.54, 1.807) is 18.2 Å². The highest BCUT2D eigenvalue weighted by Crippen LogP contribution is 2.31. The molecule has 0 aliphatic rings. The minimum absolute atomic E-state index is 0.0163. The second-order valence-corrected chi connectivity index (χ2v) is 5.36. The fourth-order valence-corrected chi connectivity index (χ4v) is 2.71. The number of halogens is 1. The largest absolute Gasteiger partial charge is 0.478 e. The van der Waals surface area contributed by atoms with E-state index in [0.29, 0.717) is 9.37 Å². The number of carboxylic acid groups (broad SMARTS) is 1. The zero-order valence-electron chi connectivity index (χ0n) is 8.11. The minimum atomic E-state index is -0.963. The van der Waals surface area contributed by atoms with Gasteiger partial charge in [-0.15, -0.1) is 11.8 Å². The van der Waals surface area contributed by atoms with Crippen molar-refractivity contribution in [2.24, 2.45) is 0 Å². The van der Waals surface area contributed by atoms with Crippen LogP contribution in [0.2, 0.25) is 0 Å². The summed E-state index contributed by atoms with van der Waals surface area (Å²) in [6.07, 6.45) is 0. The lowest BCUT2D eigenvalue weighted by atomic mass is 10.2. The molecular formula is C10H11BrO3S. The molecule has 1 unspecified atom stereocenters. The summed E-state index contributed by atoms with van der Waals surface area (Å²) in [6.45, 7) is 1.87. The fourth-order valence-electron chi connectivity index (χ4n) is 1.06. The number of rotatable bonds is 4. The van der Waals surface area contributed by atoms with Crippen molar-refractivity contribution in [3.8, 4) is 0 Å². The number of aliphatic hydroxyl groups is 1. The molecule has 1 rings (SSSR count). The topological polar surface area (TPSA) is 57.5 Å². The van der Waals surface area contributed by atoms with Gasteiger partial charge in [-0.2, -0.15) is 0 Å². The Bertz CT molecular complexity index is 368. The highest BCUT2D eigenvalue weighted by molar-refractivity contribution is 9.10. The van der Waals surface area contributed by atoms with Gasteiger partial charge in [-0.1, -0.05) is 13.0 Å². The molecule has 0 aromatic heterocycles. The van der Waals surface area contributed by atoms with Crippen LogP contribution in [-0.4, -0.2) is 28.0 Å². The summed E-state index contributed by atoms with van der Waals surface area (Å²) >= 11 is 4.55. The zero-order valence-corrected chi connectivity index (χ0v) is 10.5. The van der Waals surface area contributed by atoms with E-state index in [4.69, 9.17) is 10.2 Å². The van der Waals surface area contributed by atoms with Crippen molar-refractivity contribution in [2.45, 2.75) is 17.1 Å². The number of hydrogen-bond acceptors (Lipinski definition) is 3. The molecule has 0 amide bonds. The molecule has 1 aromatic carbocycles. The molecule has 0 bridgehead atoms. The van der Waals surface area contributed by atoms with Gasteiger partial charge in [0.1, 0.15) is 0 Å². The van der Waals surface area contributed by atoms with Gasteiger partial charge in [0.05, 0.1) is 12.2 Å². The maximum absolute atomic E-state index is 11.0. The highest BCUT2D eigenvalue weighted by atomic mass is 79.9. The van der Waals surface area contributed by atoms with Crippen LogP contribution >= 0.6 is 27.7 Å². The van der Waals surface area contributed by atoms with Gasteiger partial charge in [-0.3, -0.25) is 0 Å². The summed E-state index contributed by atoms with van der Waals surface area (Å²) in [5.41, 5.74) is 0.253. The lowest BCUT2D eigenvalue weighted by Gasteiger charge is -2.11. The molecule has 5 heteroatoms. The van der Waals surface area contributed by atoms with Crippen molar-refractivity contribution in [1.82, 2.24) is 0 Å². The molecule has 0 saturated heterocycles. The molecule has 0 heterocycles. The molecule has 0 aliphatic carbocycles. The van der Waals surface area contributed by atoms with E-state index in [1.807, 2.05) is 6.92 Å². The van der Waals surface area contributed by atoms with Crippen LogP contribution in [0.5, 0.6) is 0 Å². The molecule has 0 radical (unpaired) electrons. The van der Waals surface area contributed by atoms with Crippen molar-refractivity contribution in [2.75, 3.05) is 6.61 Å². The highest BCUT2D eigenvalue weighted by Gasteiger charge is 2.15. The summed E-state index contributed by atoms with van der Waals surface area (Å²) in [5, 5.41) is 17.9.